The van der Waals surface area contributed by atoms with E-state index in [1.165, 1.54) is 0 Å². The van der Waals surface area contributed by atoms with Gasteiger partial charge in [0.1, 0.15) is 5.75 Å². The minimum absolute atomic E-state index is 0.00318. The zero-order chi connectivity index (χ0) is 19.6. The number of anilines is 2. The van der Waals surface area contributed by atoms with E-state index in [1.807, 2.05) is 39.0 Å². The summed E-state index contributed by atoms with van der Waals surface area (Å²) in [6, 6.07) is 12.7. The molecule has 0 heterocycles. The lowest BCUT2D eigenvalue weighted by Crippen LogP contribution is -2.21. The van der Waals surface area contributed by atoms with E-state index in [1.54, 1.807) is 24.3 Å². The Morgan fingerprint density at radius 1 is 1.00 bits per heavy atom. The van der Waals surface area contributed by atoms with Crippen LogP contribution in [0.5, 0.6) is 5.75 Å². The number of hydrogen-bond donors (Lipinski definition) is 2. The summed E-state index contributed by atoms with van der Waals surface area (Å²) >= 11 is 6.09. The van der Waals surface area contributed by atoms with Crippen LogP contribution in [0.25, 0.3) is 0 Å². The van der Waals surface area contributed by atoms with Crippen LogP contribution in [0.4, 0.5) is 11.4 Å². The average molecular weight is 387 g/mol. The van der Waals surface area contributed by atoms with Gasteiger partial charge in [-0.1, -0.05) is 29.8 Å². The molecule has 2 unspecified atom stereocenters. The Kier molecular flexibility index (Phi) is 5.71. The number of benzene rings is 2. The highest BCUT2D eigenvalue weighted by molar-refractivity contribution is 6.31. The number of carbonyl (C=O) groups is 2. The van der Waals surface area contributed by atoms with Crippen molar-refractivity contribution < 1.29 is 14.3 Å². The molecule has 27 heavy (non-hydrogen) atoms. The van der Waals surface area contributed by atoms with Gasteiger partial charge in [0.2, 0.25) is 11.8 Å². The minimum Gasteiger partial charge on any atom is -0.489 e. The zero-order valence-corrected chi connectivity index (χ0v) is 16.3. The fraction of sp³-hybridized carbons (Fsp3) is 0.333. The second-order valence-electron chi connectivity index (χ2n) is 7.00. The van der Waals surface area contributed by atoms with Gasteiger partial charge in [0.15, 0.2) is 0 Å². The molecule has 0 radical (unpaired) electrons. The van der Waals surface area contributed by atoms with Crippen LogP contribution in [0.3, 0.4) is 0 Å². The molecule has 1 aliphatic carbocycles. The molecule has 0 spiro atoms. The van der Waals surface area contributed by atoms with Gasteiger partial charge in [-0.15, -0.1) is 0 Å². The third-order valence-electron chi connectivity index (χ3n) is 4.50. The number of carbonyl (C=O) groups excluding carboxylic acids is 2. The van der Waals surface area contributed by atoms with Gasteiger partial charge < -0.3 is 15.4 Å². The van der Waals surface area contributed by atoms with Gasteiger partial charge in [-0.05, 0) is 57.0 Å². The van der Waals surface area contributed by atoms with Crippen molar-refractivity contribution in [2.45, 2.75) is 33.3 Å². The van der Waals surface area contributed by atoms with Crippen molar-refractivity contribution in [2.24, 2.45) is 11.8 Å². The standard InChI is InChI=1S/C21H23ClN2O3/c1-12(2)27-19-10-5-4-8-18(19)24-21(26)15-11-14(15)20(25)23-17-9-6-7-16(22)13(17)3/h4-10,12,14-15H,11H2,1-3H3,(H,23,25)(H,24,26). The highest BCUT2D eigenvalue weighted by atomic mass is 35.5. The SMILES string of the molecule is Cc1c(Cl)cccc1NC(=O)C1CC1C(=O)Nc1ccccc1OC(C)C. The van der Waals surface area contributed by atoms with Gasteiger partial charge in [0, 0.05) is 10.7 Å². The maximum Gasteiger partial charge on any atom is 0.228 e. The molecular formula is C21H23ClN2O3. The van der Waals surface area contributed by atoms with Gasteiger partial charge in [-0.25, -0.2) is 0 Å². The van der Waals surface area contributed by atoms with E-state index in [0.29, 0.717) is 28.6 Å². The lowest BCUT2D eigenvalue weighted by molar-refractivity contribution is -0.122. The van der Waals surface area contributed by atoms with Gasteiger partial charge in [-0.2, -0.15) is 0 Å². The highest BCUT2D eigenvalue weighted by Crippen LogP contribution is 2.41. The molecule has 2 aromatic rings. The molecule has 0 saturated heterocycles. The number of para-hydroxylation sites is 2. The van der Waals surface area contributed by atoms with Crippen molar-refractivity contribution in [1.29, 1.82) is 0 Å². The molecule has 1 fully saturated rings. The third-order valence-corrected chi connectivity index (χ3v) is 4.91. The molecule has 0 aliphatic heterocycles. The normalized spacial score (nSPS) is 18.1. The quantitative estimate of drug-likeness (QED) is 0.759. The van der Waals surface area contributed by atoms with Crippen molar-refractivity contribution >= 4 is 34.8 Å². The molecule has 6 heteroatoms. The summed E-state index contributed by atoms with van der Waals surface area (Å²) in [6.45, 7) is 5.70. The molecule has 3 rings (SSSR count). The first kappa shape index (κ1) is 19.2. The Morgan fingerprint density at radius 2 is 1.59 bits per heavy atom. The van der Waals surface area contributed by atoms with E-state index in [-0.39, 0.29) is 29.8 Å². The van der Waals surface area contributed by atoms with Crippen LogP contribution in [0.15, 0.2) is 42.5 Å². The molecule has 2 atom stereocenters. The molecule has 0 bridgehead atoms. The van der Waals surface area contributed by atoms with E-state index in [4.69, 9.17) is 16.3 Å². The van der Waals surface area contributed by atoms with Crippen molar-refractivity contribution in [3.63, 3.8) is 0 Å². The molecule has 142 valence electrons. The smallest absolute Gasteiger partial charge is 0.228 e. The summed E-state index contributed by atoms with van der Waals surface area (Å²) in [5.41, 5.74) is 2.11. The summed E-state index contributed by atoms with van der Waals surface area (Å²) in [7, 11) is 0. The van der Waals surface area contributed by atoms with Crippen LogP contribution < -0.4 is 15.4 Å². The summed E-state index contributed by atoms with van der Waals surface area (Å²) in [5, 5.41) is 6.35. The van der Waals surface area contributed by atoms with Crippen LogP contribution in [-0.2, 0) is 9.59 Å². The number of ether oxygens (including phenoxy) is 1. The molecule has 2 aromatic carbocycles. The van der Waals surface area contributed by atoms with Crippen LogP contribution >= 0.6 is 11.6 Å². The molecule has 0 aromatic heterocycles. The first-order valence-electron chi connectivity index (χ1n) is 8.99. The Balaban J connectivity index is 1.61. The monoisotopic (exact) mass is 386 g/mol. The van der Waals surface area contributed by atoms with Crippen molar-refractivity contribution in [3.05, 3.63) is 53.1 Å². The van der Waals surface area contributed by atoms with E-state index in [2.05, 4.69) is 10.6 Å². The van der Waals surface area contributed by atoms with Crippen LogP contribution in [0.1, 0.15) is 25.8 Å². The van der Waals surface area contributed by atoms with Gasteiger partial charge in [0.25, 0.3) is 0 Å². The fourth-order valence-electron chi connectivity index (χ4n) is 2.89. The number of hydrogen-bond acceptors (Lipinski definition) is 3. The topological polar surface area (TPSA) is 67.4 Å². The Labute approximate surface area is 164 Å². The van der Waals surface area contributed by atoms with E-state index in [9.17, 15) is 9.59 Å². The van der Waals surface area contributed by atoms with Crippen LogP contribution in [0, 0.1) is 18.8 Å². The second kappa shape index (κ2) is 8.01. The van der Waals surface area contributed by atoms with Gasteiger partial charge in [0.05, 0.1) is 23.6 Å². The Bertz CT molecular complexity index is 866. The summed E-state index contributed by atoms with van der Waals surface area (Å²) in [6.07, 6.45) is 0.535. The number of rotatable bonds is 6. The molecule has 2 N–H and O–H groups in total. The predicted molar refractivity (Wildman–Crippen MR) is 107 cm³/mol. The lowest BCUT2D eigenvalue weighted by atomic mass is 10.2. The zero-order valence-electron chi connectivity index (χ0n) is 15.6. The van der Waals surface area contributed by atoms with Gasteiger partial charge in [-0.3, -0.25) is 9.59 Å². The predicted octanol–water partition coefficient (Wildman–Crippen LogP) is 4.65. The summed E-state index contributed by atoms with van der Waals surface area (Å²) in [4.78, 5) is 25.0. The minimum atomic E-state index is -0.336. The Morgan fingerprint density at radius 3 is 2.26 bits per heavy atom. The maximum absolute atomic E-state index is 12.5. The van der Waals surface area contributed by atoms with E-state index >= 15 is 0 Å². The molecule has 1 saturated carbocycles. The first-order valence-corrected chi connectivity index (χ1v) is 9.37. The summed E-state index contributed by atoms with van der Waals surface area (Å²) in [5.74, 6) is -0.375. The molecular weight excluding hydrogens is 364 g/mol. The summed E-state index contributed by atoms with van der Waals surface area (Å²) < 4.78 is 5.72. The van der Waals surface area contributed by atoms with Crippen LogP contribution in [0.2, 0.25) is 5.02 Å². The van der Waals surface area contributed by atoms with Crippen molar-refractivity contribution in [1.82, 2.24) is 0 Å². The third kappa shape index (κ3) is 4.61. The lowest BCUT2D eigenvalue weighted by Gasteiger charge is -2.14. The average Bonchev–Trinajstić information content (AvgIpc) is 3.41. The Hall–Kier alpha value is -2.53. The largest absolute Gasteiger partial charge is 0.489 e. The molecule has 2 amide bonds. The maximum atomic E-state index is 12.5. The highest BCUT2D eigenvalue weighted by Gasteiger charge is 2.48. The number of halogens is 1. The number of nitrogens with one attached hydrogen (secondary N) is 2. The van der Waals surface area contributed by atoms with E-state index in [0.717, 1.165) is 5.56 Å². The molecule has 5 nitrogen and oxygen atoms in total. The van der Waals surface area contributed by atoms with Crippen molar-refractivity contribution in [2.75, 3.05) is 10.6 Å². The second-order valence-corrected chi connectivity index (χ2v) is 7.41. The molecule has 1 aliphatic rings. The van der Waals surface area contributed by atoms with E-state index < -0.39 is 0 Å². The first-order chi connectivity index (χ1) is 12.9. The van der Waals surface area contributed by atoms with Crippen LogP contribution in [-0.4, -0.2) is 17.9 Å². The van der Waals surface area contributed by atoms with Gasteiger partial charge >= 0.3 is 0 Å². The van der Waals surface area contributed by atoms with Crippen molar-refractivity contribution in [3.8, 4) is 5.75 Å². The number of amides is 2. The fourth-order valence-corrected chi connectivity index (χ4v) is 3.07.